The van der Waals surface area contributed by atoms with Crippen molar-refractivity contribution in [3.8, 4) is 0 Å². The Labute approximate surface area is 114 Å². The van der Waals surface area contributed by atoms with Crippen LogP contribution in [0.1, 0.15) is 52.4 Å². The van der Waals surface area contributed by atoms with Crippen molar-refractivity contribution in [2.24, 2.45) is 0 Å². The van der Waals surface area contributed by atoms with Crippen LogP contribution in [0.5, 0.6) is 0 Å². The molecule has 2 heterocycles. The maximum absolute atomic E-state index is 12.8. The Balaban J connectivity index is 2.32. The normalized spacial score (nSPS) is 29.5. The molecule has 0 aliphatic carbocycles. The van der Waals surface area contributed by atoms with E-state index in [-0.39, 0.29) is 23.7 Å². The number of rotatable bonds is 2. The summed E-state index contributed by atoms with van der Waals surface area (Å²) < 4.78 is 23.1. The van der Waals surface area contributed by atoms with Gasteiger partial charge in [-0.15, -0.1) is 0 Å². The van der Waals surface area contributed by atoms with Crippen molar-refractivity contribution in [3.05, 3.63) is 5.21 Å². The number of sulfone groups is 1. The molecule has 1 spiro atoms. The quantitative estimate of drug-likeness (QED) is 0.772. The maximum Gasteiger partial charge on any atom is 0.150 e. The Morgan fingerprint density at radius 3 is 2.16 bits per heavy atom. The lowest BCUT2D eigenvalue weighted by Gasteiger charge is -2.63. The Kier molecular flexibility index (Phi) is 3.79. The molecule has 0 aromatic rings. The van der Waals surface area contributed by atoms with Crippen molar-refractivity contribution in [2.45, 2.75) is 63.5 Å². The second kappa shape index (κ2) is 4.82. The summed E-state index contributed by atoms with van der Waals surface area (Å²) in [4.78, 5) is 12.1. The lowest BCUT2D eigenvalue weighted by molar-refractivity contribution is -0.135. The number of piperidine rings is 1. The lowest BCUT2D eigenvalue weighted by Crippen LogP contribution is -2.64. The molecule has 2 fully saturated rings. The highest BCUT2D eigenvalue weighted by Gasteiger charge is 2.49. The highest BCUT2D eigenvalue weighted by molar-refractivity contribution is 7.91. The van der Waals surface area contributed by atoms with Crippen molar-refractivity contribution < 1.29 is 13.2 Å². The molecule has 0 N–H and O–H groups in total. The number of Topliss-reactive ketones (excluding diaryl/α,β-unsaturated/α-hetero) is 1. The molecule has 0 radical (unpaired) electrons. The third-order valence-corrected chi connectivity index (χ3v) is 6.64. The van der Waals surface area contributed by atoms with Gasteiger partial charge in [-0.05, 0) is 25.7 Å². The molecule has 6 heteroatoms. The van der Waals surface area contributed by atoms with Crippen molar-refractivity contribution >= 4 is 15.6 Å². The highest BCUT2D eigenvalue weighted by atomic mass is 32.2. The summed E-state index contributed by atoms with van der Waals surface area (Å²) in [5.41, 5.74) is -1.40. The van der Waals surface area contributed by atoms with Crippen LogP contribution < -0.4 is 0 Å². The van der Waals surface area contributed by atoms with E-state index in [4.69, 9.17) is 0 Å². The third kappa shape index (κ3) is 2.45. The van der Waals surface area contributed by atoms with Crippen LogP contribution in [0, 0.1) is 5.21 Å². The number of ketones is 1. The summed E-state index contributed by atoms with van der Waals surface area (Å²) in [6, 6.07) is 0. The molecule has 2 saturated heterocycles. The number of hydrogen-bond donors (Lipinski definition) is 0. The van der Waals surface area contributed by atoms with Gasteiger partial charge >= 0.3 is 0 Å². The van der Waals surface area contributed by atoms with E-state index >= 15 is 0 Å². The fourth-order valence-electron chi connectivity index (χ4n) is 3.53. The first-order chi connectivity index (χ1) is 8.79. The molecule has 0 saturated carbocycles. The van der Waals surface area contributed by atoms with Gasteiger partial charge in [-0.1, -0.05) is 13.8 Å². The molecule has 19 heavy (non-hydrogen) atoms. The summed E-state index contributed by atoms with van der Waals surface area (Å²) in [5, 5.41) is 13.9. The first-order valence-corrected chi connectivity index (χ1v) is 8.81. The van der Waals surface area contributed by atoms with Crippen LogP contribution in [0.3, 0.4) is 0 Å². The largest absolute Gasteiger partial charge is 0.784 e. The van der Waals surface area contributed by atoms with Crippen LogP contribution in [0.4, 0.5) is 0 Å². The Bertz CT molecular complexity index is 453. The Hall–Kier alpha value is -0.460. The minimum atomic E-state index is -3.03. The standard InChI is InChI=1S/C13H22NO4S/c1-3-12(4-2)9-11(15)10-13(14(12)16)5-7-19(17,18)8-6-13/h3-10H2,1-2H3/q-1. The van der Waals surface area contributed by atoms with Crippen LogP contribution in [0.2, 0.25) is 0 Å². The van der Waals surface area contributed by atoms with Gasteiger partial charge in [0.2, 0.25) is 0 Å². The monoisotopic (exact) mass is 288 g/mol. The third-order valence-electron chi connectivity index (χ3n) is 4.99. The average Bonchev–Trinajstić information content (AvgIpc) is 2.37. The minimum Gasteiger partial charge on any atom is -0.784 e. The predicted molar refractivity (Wildman–Crippen MR) is 73.4 cm³/mol. The van der Waals surface area contributed by atoms with E-state index in [1.54, 1.807) is 0 Å². The van der Waals surface area contributed by atoms with E-state index in [2.05, 4.69) is 0 Å². The summed E-state index contributed by atoms with van der Waals surface area (Å²) >= 11 is 0. The average molecular weight is 288 g/mol. The van der Waals surface area contributed by atoms with Crippen LogP contribution >= 0.6 is 0 Å². The van der Waals surface area contributed by atoms with Crippen LogP contribution in [0.15, 0.2) is 0 Å². The zero-order chi connectivity index (χ0) is 14.3. The molecule has 0 aromatic heterocycles. The Morgan fingerprint density at radius 1 is 1.16 bits per heavy atom. The molecule has 0 unspecified atom stereocenters. The number of hydrogen-bond acceptors (Lipinski definition) is 5. The summed E-state index contributed by atoms with van der Waals surface area (Å²) in [7, 11) is -3.03. The summed E-state index contributed by atoms with van der Waals surface area (Å²) in [6.45, 7) is 3.86. The van der Waals surface area contributed by atoms with Gasteiger partial charge in [0.05, 0.1) is 11.5 Å². The highest BCUT2D eigenvalue weighted by Crippen LogP contribution is 2.45. The number of hydroxylamine groups is 2. The van der Waals surface area contributed by atoms with Crippen molar-refractivity contribution in [2.75, 3.05) is 11.5 Å². The molecule has 2 aliphatic rings. The van der Waals surface area contributed by atoms with E-state index in [0.29, 0.717) is 32.1 Å². The van der Waals surface area contributed by atoms with Gasteiger partial charge < -0.3 is 10.3 Å². The van der Waals surface area contributed by atoms with Crippen molar-refractivity contribution in [3.63, 3.8) is 0 Å². The topological polar surface area (TPSA) is 77.5 Å². The molecule has 110 valence electrons. The second-order valence-electron chi connectivity index (χ2n) is 5.99. The minimum absolute atomic E-state index is 0.0303. The molecule has 5 nitrogen and oxygen atoms in total. The first kappa shape index (κ1) is 14.9. The molecule has 0 aromatic carbocycles. The molecular weight excluding hydrogens is 266 g/mol. The summed E-state index contributed by atoms with van der Waals surface area (Å²) in [5.74, 6) is 0.167. The van der Waals surface area contributed by atoms with Gasteiger partial charge in [0.25, 0.3) is 0 Å². The van der Waals surface area contributed by atoms with E-state index < -0.39 is 20.9 Å². The van der Waals surface area contributed by atoms with Gasteiger partial charge in [0, 0.05) is 23.9 Å². The van der Waals surface area contributed by atoms with Gasteiger partial charge in [-0.2, -0.15) is 0 Å². The first-order valence-electron chi connectivity index (χ1n) is 6.99. The van der Waals surface area contributed by atoms with Gasteiger partial charge in [-0.3, -0.25) is 4.79 Å². The molecule has 0 bridgehead atoms. The molecule has 0 atom stereocenters. The number of nitrogens with zero attached hydrogens (tertiary/aromatic N) is 1. The predicted octanol–water partition coefficient (Wildman–Crippen LogP) is 1.66. The van der Waals surface area contributed by atoms with Crippen molar-refractivity contribution in [1.29, 1.82) is 0 Å². The van der Waals surface area contributed by atoms with Gasteiger partial charge in [0.15, 0.2) is 0 Å². The Morgan fingerprint density at radius 2 is 1.68 bits per heavy atom. The fraction of sp³-hybridized carbons (Fsp3) is 0.923. The van der Waals surface area contributed by atoms with E-state index in [1.807, 2.05) is 13.8 Å². The van der Waals surface area contributed by atoms with Gasteiger partial charge in [-0.25, -0.2) is 8.42 Å². The second-order valence-corrected chi connectivity index (χ2v) is 8.30. The SMILES string of the molecule is CCC1(CC)CC(=O)CC2(CCS(=O)(=O)CC2)N1[O-]. The molecule has 0 amide bonds. The lowest BCUT2D eigenvalue weighted by atomic mass is 9.72. The van der Waals surface area contributed by atoms with Crippen LogP contribution in [0.25, 0.3) is 0 Å². The molecule has 2 aliphatic heterocycles. The summed E-state index contributed by atoms with van der Waals surface area (Å²) in [6.07, 6.45) is 2.38. The zero-order valence-corrected chi connectivity index (χ0v) is 12.5. The van der Waals surface area contributed by atoms with E-state index in [9.17, 15) is 18.4 Å². The van der Waals surface area contributed by atoms with E-state index in [1.165, 1.54) is 0 Å². The smallest absolute Gasteiger partial charge is 0.150 e. The zero-order valence-electron chi connectivity index (χ0n) is 11.6. The van der Waals surface area contributed by atoms with Gasteiger partial charge in [0.1, 0.15) is 15.6 Å². The van der Waals surface area contributed by atoms with Crippen LogP contribution in [-0.2, 0) is 14.6 Å². The maximum atomic E-state index is 12.8. The number of carbonyl (C=O) groups is 1. The molecule has 2 rings (SSSR count). The van der Waals surface area contributed by atoms with E-state index in [0.717, 1.165) is 5.06 Å². The van der Waals surface area contributed by atoms with Crippen LogP contribution in [-0.4, -0.2) is 41.8 Å². The molecular formula is C13H22NO4S-. The fourth-order valence-corrected chi connectivity index (χ4v) is 5.11. The number of carbonyl (C=O) groups excluding carboxylic acids is 1. The van der Waals surface area contributed by atoms with Crippen molar-refractivity contribution in [1.82, 2.24) is 5.06 Å².